The van der Waals surface area contributed by atoms with Crippen molar-refractivity contribution < 1.29 is 13.9 Å². The summed E-state index contributed by atoms with van der Waals surface area (Å²) in [6, 6.07) is 9.86. The van der Waals surface area contributed by atoms with E-state index in [9.17, 15) is 4.79 Å². The maximum atomic E-state index is 11.7. The number of hydrogen-bond donors (Lipinski definition) is 2. The monoisotopic (exact) mass is 326 g/mol. The van der Waals surface area contributed by atoms with Gasteiger partial charge in [0.15, 0.2) is 0 Å². The molecule has 5 nitrogen and oxygen atoms in total. The Hall–Kier alpha value is -1.56. The van der Waals surface area contributed by atoms with Crippen molar-refractivity contribution in [1.29, 1.82) is 0 Å². The van der Waals surface area contributed by atoms with Gasteiger partial charge in [0, 0.05) is 45.0 Å². The lowest BCUT2D eigenvalue weighted by Gasteiger charge is -2.06. The Morgan fingerprint density at radius 2 is 2.05 bits per heavy atom. The molecule has 2 N–H and O–H groups in total. The molecule has 1 aromatic heterocycles. The minimum absolute atomic E-state index is 0. The highest BCUT2D eigenvalue weighted by atomic mass is 35.5. The van der Waals surface area contributed by atoms with Crippen LogP contribution in [0.15, 0.2) is 34.7 Å². The average Bonchev–Trinajstić information content (AvgIpc) is 2.91. The van der Waals surface area contributed by atoms with Crippen LogP contribution in [0.5, 0.6) is 0 Å². The molecule has 2 aromatic rings. The number of ether oxygens (including phenoxy) is 1. The minimum Gasteiger partial charge on any atom is -0.461 e. The Morgan fingerprint density at radius 1 is 1.23 bits per heavy atom. The number of methoxy groups -OCH3 is 1. The fraction of sp³-hybridized carbons (Fsp3) is 0.438. The van der Waals surface area contributed by atoms with Crippen LogP contribution in [0.4, 0.5) is 0 Å². The molecule has 0 saturated carbocycles. The fourth-order valence-electron chi connectivity index (χ4n) is 2.07. The van der Waals surface area contributed by atoms with Gasteiger partial charge in [-0.25, -0.2) is 0 Å². The van der Waals surface area contributed by atoms with Crippen molar-refractivity contribution in [2.45, 2.75) is 12.8 Å². The molecule has 1 amide bonds. The molecule has 1 heterocycles. The molecular formula is C16H23ClN2O3. The summed E-state index contributed by atoms with van der Waals surface area (Å²) < 4.78 is 10.6. The highest BCUT2D eigenvalue weighted by Gasteiger charge is 2.06. The average molecular weight is 327 g/mol. The second kappa shape index (κ2) is 10.2. The first-order valence-corrected chi connectivity index (χ1v) is 7.23. The molecule has 0 fully saturated rings. The van der Waals surface area contributed by atoms with Crippen LogP contribution < -0.4 is 10.6 Å². The highest BCUT2D eigenvalue weighted by molar-refractivity contribution is 5.85. The quantitative estimate of drug-likeness (QED) is 0.693. The van der Waals surface area contributed by atoms with Crippen molar-refractivity contribution in [3.63, 3.8) is 0 Å². The first-order chi connectivity index (χ1) is 10.3. The van der Waals surface area contributed by atoms with E-state index in [1.165, 1.54) is 0 Å². The van der Waals surface area contributed by atoms with Gasteiger partial charge >= 0.3 is 0 Å². The van der Waals surface area contributed by atoms with E-state index in [0.29, 0.717) is 26.0 Å². The highest BCUT2D eigenvalue weighted by Crippen LogP contribution is 2.19. The number of para-hydroxylation sites is 1. The minimum atomic E-state index is 0. The number of rotatable bonds is 9. The van der Waals surface area contributed by atoms with E-state index in [-0.39, 0.29) is 18.3 Å². The number of nitrogens with one attached hydrogen (secondary N) is 2. The van der Waals surface area contributed by atoms with Gasteiger partial charge in [-0.2, -0.15) is 0 Å². The standard InChI is InChI=1S/C16H22N2O3.ClH/c1-20-11-10-17-8-9-18-16(19)7-6-14-12-13-4-2-3-5-15(13)21-14;/h2-5,12,17H,6-11H2,1H3,(H,18,19);1H. The van der Waals surface area contributed by atoms with E-state index in [1.807, 2.05) is 30.3 Å². The van der Waals surface area contributed by atoms with Gasteiger partial charge in [0.05, 0.1) is 6.61 Å². The predicted molar refractivity (Wildman–Crippen MR) is 89.5 cm³/mol. The van der Waals surface area contributed by atoms with Gasteiger partial charge in [-0.3, -0.25) is 4.79 Å². The summed E-state index contributed by atoms with van der Waals surface area (Å²) >= 11 is 0. The molecule has 0 saturated heterocycles. The van der Waals surface area contributed by atoms with Crippen LogP contribution in [-0.4, -0.2) is 39.3 Å². The lowest BCUT2D eigenvalue weighted by Crippen LogP contribution is -2.33. The van der Waals surface area contributed by atoms with Gasteiger partial charge in [-0.15, -0.1) is 12.4 Å². The first kappa shape index (κ1) is 18.5. The lowest BCUT2D eigenvalue weighted by atomic mass is 10.2. The topological polar surface area (TPSA) is 63.5 Å². The van der Waals surface area contributed by atoms with Crippen LogP contribution in [-0.2, 0) is 16.0 Å². The van der Waals surface area contributed by atoms with Crippen molar-refractivity contribution in [3.05, 3.63) is 36.1 Å². The Balaban J connectivity index is 0.00000242. The number of carbonyl (C=O) groups is 1. The van der Waals surface area contributed by atoms with Crippen LogP contribution >= 0.6 is 12.4 Å². The van der Waals surface area contributed by atoms with Gasteiger partial charge in [0.25, 0.3) is 0 Å². The van der Waals surface area contributed by atoms with Crippen LogP contribution in [0.25, 0.3) is 11.0 Å². The molecule has 122 valence electrons. The second-order valence-corrected chi connectivity index (χ2v) is 4.84. The lowest BCUT2D eigenvalue weighted by molar-refractivity contribution is -0.121. The van der Waals surface area contributed by atoms with E-state index in [1.54, 1.807) is 7.11 Å². The summed E-state index contributed by atoms with van der Waals surface area (Å²) in [7, 11) is 1.67. The molecule has 22 heavy (non-hydrogen) atoms. The van der Waals surface area contributed by atoms with Crippen LogP contribution in [0.2, 0.25) is 0 Å². The smallest absolute Gasteiger partial charge is 0.220 e. The van der Waals surface area contributed by atoms with Crippen molar-refractivity contribution in [2.75, 3.05) is 33.4 Å². The van der Waals surface area contributed by atoms with E-state index >= 15 is 0 Å². The summed E-state index contributed by atoms with van der Waals surface area (Å²) in [4.78, 5) is 11.7. The molecule has 0 atom stereocenters. The maximum Gasteiger partial charge on any atom is 0.220 e. The van der Waals surface area contributed by atoms with Crippen molar-refractivity contribution >= 4 is 29.3 Å². The SMILES string of the molecule is COCCNCCNC(=O)CCc1cc2ccccc2o1.Cl. The molecule has 0 aliphatic rings. The molecule has 0 spiro atoms. The van der Waals surface area contributed by atoms with Crippen LogP contribution in [0, 0.1) is 0 Å². The number of benzene rings is 1. The van der Waals surface area contributed by atoms with E-state index in [4.69, 9.17) is 9.15 Å². The number of halogens is 1. The Bertz CT molecular complexity index is 538. The molecule has 0 aliphatic heterocycles. The number of hydrogen-bond acceptors (Lipinski definition) is 4. The zero-order valence-corrected chi connectivity index (χ0v) is 13.6. The van der Waals surface area contributed by atoms with Gasteiger partial charge in [-0.05, 0) is 12.1 Å². The summed E-state index contributed by atoms with van der Waals surface area (Å²) in [5, 5.41) is 7.13. The van der Waals surface area contributed by atoms with E-state index < -0.39 is 0 Å². The first-order valence-electron chi connectivity index (χ1n) is 7.23. The molecule has 0 radical (unpaired) electrons. The molecule has 6 heteroatoms. The van der Waals surface area contributed by atoms with Gasteiger partial charge in [-0.1, -0.05) is 18.2 Å². The molecule has 2 rings (SSSR count). The largest absolute Gasteiger partial charge is 0.461 e. The Morgan fingerprint density at radius 3 is 2.82 bits per heavy atom. The van der Waals surface area contributed by atoms with Crippen molar-refractivity contribution in [3.8, 4) is 0 Å². The summed E-state index contributed by atoms with van der Waals surface area (Å²) in [6.07, 6.45) is 1.06. The number of amides is 1. The second-order valence-electron chi connectivity index (χ2n) is 4.84. The molecular weight excluding hydrogens is 304 g/mol. The third kappa shape index (κ3) is 6.05. The van der Waals surface area contributed by atoms with Crippen molar-refractivity contribution in [2.24, 2.45) is 0 Å². The van der Waals surface area contributed by atoms with Crippen molar-refractivity contribution in [1.82, 2.24) is 10.6 Å². The molecule has 0 aliphatic carbocycles. The Kier molecular flexibility index (Phi) is 8.58. The fourth-order valence-corrected chi connectivity index (χ4v) is 2.07. The van der Waals surface area contributed by atoms with Crippen LogP contribution in [0.1, 0.15) is 12.2 Å². The number of aryl methyl sites for hydroxylation is 1. The number of fused-ring (bicyclic) bond motifs is 1. The number of carbonyl (C=O) groups excluding carboxylic acids is 1. The third-order valence-corrected chi connectivity index (χ3v) is 3.18. The maximum absolute atomic E-state index is 11.7. The normalized spacial score (nSPS) is 10.4. The number of furan rings is 1. The summed E-state index contributed by atoms with van der Waals surface area (Å²) in [6.45, 7) is 2.85. The van der Waals surface area contributed by atoms with Gasteiger partial charge in [0.2, 0.25) is 5.91 Å². The van der Waals surface area contributed by atoms with Crippen LogP contribution in [0.3, 0.4) is 0 Å². The summed E-state index contributed by atoms with van der Waals surface area (Å²) in [5.74, 6) is 0.897. The van der Waals surface area contributed by atoms with Gasteiger partial charge in [0.1, 0.15) is 11.3 Å². The van der Waals surface area contributed by atoms with Gasteiger partial charge < -0.3 is 19.8 Å². The molecule has 0 unspecified atom stereocenters. The van der Waals surface area contributed by atoms with E-state index in [0.717, 1.165) is 29.8 Å². The zero-order chi connectivity index (χ0) is 14.9. The Labute approximate surface area is 136 Å². The molecule has 0 bridgehead atoms. The molecule has 1 aromatic carbocycles. The van der Waals surface area contributed by atoms with E-state index in [2.05, 4.69) is 10.6 Å². The zero-order valence-electron chi connectivity index (χ0n) is 12.8. The summed E-state index contributed by atoms with van der Waals surface area (Å²) in [5.41, 5.74) is 0.871. The third-order valence-electron chi connectivity index (χ3n) is 3.18. The predicted octanol–water partition coefficient (Wildman–Crippen LogP) is 2.14.